The van der Waals surface area contributed by atoms with Crippen molar-refractivity contribution in [2.45, 2.75) is 19.8 Å². The maximum atomic E-state index is 12.7. The van der Waals surface area contributed by atoms with Crippen LogP contribution < -0.4 is 4.74 Å². The lowest BCUT2D eigenvalue weighted by atomic mass is 10.1. The number of methoxy groups -OCH3 is 1. The standard InChI is InChI=1S/C16H18N2O3/c1-11(19)18-10-14(16(20)17-7-3-4-8-17)13-9-12(21-2)5-6-15(13)18/h5-6,9-10H,3-4,7-8H2,1-2H3. The molecule has 0 N–H and O–H groups in total. The van der Waals surface area contributed by atoms with E-state index in [1.807, 2.05) is 17.0 Å². The fourth-order valence-electron chi connectivity index (χ4n) is 2.86. The summed E-state index contributed by atoms with van der Waals surface area (Å²) in [7, 11) is 1.59. The summed E-state index contributed by atoms with van der Waals surface area (Å²) in [5.41, 5.74) is 1.31. The Morgan fingerprint density at radius 3 is 2.52 bits per heavy atom. The summed E-state index contributed by atoms with van der Waals surface area (Å²) in [6, 6.07) is 5.43. The van der Waals surface area contributed by atoms with Crippen LogP contribution in [0.3, 0.4) is 0 Å². The van der Waals surface area contributed by atoms with Gasteiger partial charge < -0.3 is 9.64 Å². The fourth-order valence-corrected chi connectivity index (χ4v) is 2.86. The minimum Gasteiger partial charge on any atom is -0.497 e. The van der Waals surface area contributed by atoms with Crippen molar-refractivity contribution < 1.29 is 14.3 Å². The molecule has 2 aromatic rings. The number of hydrogen-bond acceptors (Lipinski definition) is 3. The SMILES string of the molecule is COc1ccc2c(c1)c(C(=O)N1CCCC1)cn2C(C)=O. The summed E-state index contributed by atoms with van der Waals surface area (Å²) in [6.45, 7) is 3.07. The van der Waals surface area contributed by atoms with Crippen molar-refractivity contribution >= 4 is 22.7 Å². The van der Waals surface area contributed by atoms with Crippen LogP contribution >= 0.6 is 0 Å². The van der Waals surface area contributed by atoms with Gasteiger partial charge in [-0.15, -0.1) is 0 Å². The predicted molar refractivity (Wildman–Crippen MR) is 79.9 cm³/mol. The molecule has 1 saturated heterocycles. The summed E-state index contributed by atoms with van der Waals surface area (Å²) >= 11 is 0. The number of hydrogen-bond donors (Lipinski definition) is 0. The minimum absolute atomic E-state index is 0.00856. The number of carbonyl (C=O) groups excluding carboxylic acids is 2. The zero-order valence-electron chi connectivity index (χ0n) is 12.3. The molecule has 3 rings (SSSR count). The van der Waals surface area contributed by atoms with Gasteiger partial charge >= 0.3 is 0 Å². The number of likely N-dealkylation sites (tertiary alicyclic amines) is 1. The van der Waals surface area contributed by atoms with Crippen molar-refractivity contribution in [1.29, 1.82) is 0 Å². The molecular weight excluding hydrogens is 268 g/mol. The van der Waals surface area contributed by atoms with E-state index in [4.69, 9.17) is 4.74 Å². The molecular formula is C16H18N2O3. The van der Waals surface area contributed by atoms with E-state index in [1.165, 1.54) is 11.5 Å². The smallest absolute Gasteiger partial charge is 0.256 e. The van der Waals surface area contributed by atoms with E-state index in [2.05, 4.69) is 0 Å². The third-order valence-electron chi connectivity index (χ3n) is 3.97. The molecule has 1 amide bonds. The Balaban J connectivity index is 2.15. The zero-order chi connectivity index (χ0) is 15.0. The molecule has 2 heterocycles. The van der Waals surface area contributed by atoms with Crippen LogP contribution in [0.1, 0.15) is 34.9 Å². The Morgan fingerprint density at radius 1 is 1.19 bits per heavy atom. The third-order valence-corrected chi connectivity index (χ3v) is 3.97. The van der Waals surface area contributed by atoms with Gasteiger partial charge in [-0.25, -0.2) is 0 Å². The van der Waals surface area contributed by atoms with E-state index in [0.29, 0.717) is 11.3 Å². The Bertz CT molecular complexity index is 712. The molecule has 0 aliphatic carbocycles. The average Bonchev–Trinajstić information content (AvgIpc) is 3.13. The van der Waals surface area contributed by atoms with Gasteiger partial charge in [-0.3, -0.25) is 14.2 Å². The molecule has 0 radical (unpaired) electrons. The number of amides is 1. The highest BCUT2D eigenvalue weighted by Gasteiger charge is 2.24. The van der Waals surface area contributed by atoms with Crippen LogP contribution in [0.4, 0.5) is 0 Å². The van der Waals surface area contributed by atoms with Crippen molar-refractivity contribution in [3.63, 3.8) is 0 Å². The second kappa shape index (κ2) is 5.24. The highest BCUT2D eigenvalue weighted by Crippen LogP contribution is 2.28. The number of fused-ring (bicyclic) bond motifs is 1. The summed E-state index contributed by atoms with van der Waals surface area (Å²) in [5, 5.41) is 0.765. The second-order valence-corrected chi connectivity index (χ2v) is 5.31. The number of benzene rings is 1. The number of carbonyl (C=O) groups is 2. The van der Waals surface area contributed by atoms with Crippen molar-refractivity contribution in [3.8, 4) is 5.75 Å². The molecule has 0 unspecified atom stereocenters. The first kappa shape index (κ1) is 13.7. The fraction of sp³-hybridized carbons (Fsp3) is 0.375. The van der Waals surface area contributed by atoms with E-state index >= 15 is 0 Å². The van der Waals surface area contributed by atoms with Crippen LogP contribution in [-0.4, -0.2) is 41.5 Å². The van der Waals surface area contributed by atoms with Gasteiger partial charge in [-0.2, -0.15) is 0 Å². The van der Waals surface area contributed by atoms with Crippen LogP contribution in [0, 0.1) is 0 Å². The van der Waals surface area contributed by atoms with E-state index < -0.39 is 0 Å². The summed E-state index contributed by atoms with van der Waals surface area (Å²) in [4.78, 5) is 26.3. The van der Waals surface area contributed by atoms with Gasteiger partial charge in [-0.05, 0) is 31.0 Å². The molecule has 0 bridgehead atoms. The Labute approximate surface area is 123 Å². The molecule has 5 nitrogen and oxygen atoms in total. The molecule has 1 aliphatic heterocycles. The van der Waals surface area contributed by atoms with Crippen LogP contribution in [-0.2, 0) is 0 Å². The maximum Gasteiger partial charge on any atom is 0.256 e. The largest absolute Gasteiger partial charge is 0.497 e. The molecule has 110 valence electrons. The second-order valence-electron chi connectivity index (χ2n) is 5.31. The highest BCUT2D eigenvalue weighted by molar-refractivity contribution is 6.09. The van der Waals surface area contributed by atoms with E-state index in [0.717, 1.165) is 36.8 Å². The minimum atomic E-state index is -0.106. The van der Waals surface area contributed by atoms with E-state index in [9.17, 15) is 9.59 Å². The van der Waals surface area contributed by atoms with E-state index in [-0.39, 0.29) is 11.8 Å². The number of rotatable bonds is 2. The monoisotopic (exact) mass is 286 g/mol. The average molecular weight is 286 g/mol. The van der Waals surface area contributed by atoms with Gasteiger partial charge in [0.2, 0.25) is 5.91 Å². The Kier molecular flexibility index (Phi) is 3.41. The lowest BCUT2D eigenvalue weighted by Crippen LogP contribution is -2.27. The van der Waals surface area contributed by atoms with Gasteiger partial charge in [0.05, 0.1) is 18.2 Å². The molecule has 21 heavy (non-hydrogen) atoms. The molecule has 0 atom stereocenters. The number of ether oxygens (including phenoxy) is 1. The molecule has 5 heteroatoms. The highest BCUT2D eigenvalue weighted by atomic mass is 16.5. The van der Waals surface area contributed by atoms with Gasteiger partial charge in [-0.1, -0.05) is 0 Å². The first-order valence-corrected chi connectivity index (χ1v) is 7.11. The molecule has 1 aromatic heterocycles. The van der Waals surface area contributed by atoms with Gasteiger partial charge in [0.15, 0.2) is 0 Å². The molecule has 1 aromatic carbocycles. The predicted octanol–water partition coefficient (Wildman–Crippen LogP) is 2.55. The molecule has 1 aliphatic rings. The van der Waals surface area contributed by atoms with Crippen molar-refractivity contribution in [2.24, 2.45) is 0 Å². The van der Waals surface area contributed by atoms with Gasteiger partial charge in [0.25, 0.3) is 5.91 Å². The van der Waals surface area contributed by atoms with Crippen LogP contribution in [0.25, 0.3) is 10.9 Å². The first-order valence-electron chi connectivity index (χ1n) is 7.11. The van der Waals surface area contributed by atoms with Crippen molar-refractivity contribution in [1.82, 2.24) is 9.47 Å². The Morgan fingerprint density at radius 2 is 1.90 bits per heavy atom. The first-order chi connectivity index (χ1) is 10.1. The maximum absolute atomic E-state index is 12.7. The number of aromatic nitrogens is 1. The van der Waals surface area contributed by atoms with Crippen LogP contribution in [0.15, 0.2) is 24.4 Å². The summed E-state index contributed by atoms with van der Waals surface area (Å²) < 4.78 is 6.76. The van der Waals surface area contributed by atoms with Crippen molar-refractivity contribution in [3.05, 3.63) is 30.0 Å². The lowest BCUT2D eigenvalue weighted by Gasteiger charge is -2.14. The topological polar surface area (TPSA) is 51.5 Å². The van der Waals surface area contributed by atoms with E-state index in [1.54, 1.807) is 19.4 Å². The molecule has 0 spiro atoms. The zero-order valence-corrected chi connectivity index (χ0v) is 12.3. The molecule has 1 fully saturated rings. The summed E-state index contributed by atoms with van der Waals surface area (Å²) in [6.07, 6.45) is 3.73. The quantitative estimate of drug-likeness (QED) is 0.852. The lowest BCUT2D eigenvalue weighted by molar-refractivity contribution is 0.0794. The third kappa shape index (κ3) is 2.28. The molecule has 0 saturated carbocycles. The normalized spacial score (nSPS) is 14.7. The van der Waals surface area contributed by atoms with Crippen LogP contribution in [0.5, 0.6) is 5.75 Å². The summed E-state index contributed by atoms with van der Waals surface area (Å²) in [5.74, 6) is 0.565. The Hall–Kier alpha value is -2.30. The van der Waals surface area contributed by atoms with Gasteiger partial charge in [0.1, 0.15) is 5.75 Å². The van der Waals surface area contributed by atoms with Crippen molar-refractivity contribution in [2.75, 3.05) is 20.2 Å². The number of nitrogens with zero attached hydrogens (tertiary/aromatic N) is 2. The van der Waals surface area contributed by atoms with Gasteiger partial charge in [0, 0.05) is 31.6 Å². The van der Waals surface area contributed by atoms with Crippen LogP contribution in [0.2, 0.25) is 0 Å².